The molecule has 13 rings (SSSR count). The van der Waals surface area contributed by atoms with E-state index in [2.05, 4.69) is 85.1 Å². The van der Waals surface area contributed by atoms with Crippen LogP contribution in [0, 0.1) is 11.8 Å². The molecule has 5 amide bonds. The molecule has 20 nitrogen and oxygen atoms in total. The third-order valence-corrected chi connectivity index (χ3v) is 18.3. The second-order valence-corrected chi connectivity index (χ2v) is 24.2. The average molecular weight is 1210 g/mol. The summed E-state index contributed by atoms with van der Waals surface area (Å²) in [5, 5.41) is 13.1. The number of carbonyl (C=O) groups is 4. The van der Waals surface area contributed by atoms with Crippen LogP contribution in [0.15, 0.2) is 139 Å². The van der Waals surface area contributed by atoms with Gasteiger partial charge in [-0.15, -0.1) is 0 Å². The molecule has 1 unspecified atom stereocenters. The first-order valence-electron chi connectivity index (χ1n) is 31.0. The topological polar surface area (TPSA) is 227 Å². The number of benzene rings is 5. The average Bonchev–Trinajstić information content (AvgIpc) is 0.825. The maximum absolute atomic E-state index is 13.4. The Hall–Kier alpha value is -9.39. The van der Waals surface area contributed by atoms with Crippen LogP contribution >= 0.6 is 0 Å². The second-order valence-electron chi connectivity index (χ2n) is 24.2. The maximum Gasteiger partial charge on any atom is 0.407 e. The number of hydrogen-bond acceptors (Lipinski definition) is 14. The number of fused-ring (bicyclic) bond motifs is 5. The Bertz CT molecular complexity index is 4110. The van der Waals surface area contributed by atoms with Gasteiger partial charge in [-0.05, 0) is 115 Å². The summed E-state index contributed by atoms with van der Waals surface area (Å²) in [7, 11) is 3.31. The van der Waals surface area contributed by atoms with Gasteiger partial charge < -0.3 is 54.2 Å². The first-order chi connectivity index (χ1) is 43.8. The summed E-state index contributed by atoms with van der Waals surface area (Å²) < 4.78 is 26.7. The molecule has 0 radical (unpaired) electrons. The number of carbonyl (C=O) groups excluding carboxylic acids is 4. The molecule has 5 N–H and O–H groups in total. The monoisotopic (exact) mass is 1210 g/mol. The molecule has 4 fully saturated rings. The number of hydrogen-bond donors (Lipinski definition) is 5. The largest absolute Gasteiger partial charge is 0.495 e. The minimum Gasteiger partial charge on any atom is -0.495 e. The Kier molecular flexibility index (Phi) is 16.9. The van der Waals surface area contributed by atoms with Crippen LogP contribution in [0.1, 0.15) is 85.7 Å². The highest BCUT2D eigenvalue weighted by Crippen LogP contribution is 2.46. The first-order valence-corrected chi connectivity index (χ1v) is 31.0. The van der Waals surface area contributed by atoms with Crippen LogP contribution in [0.4, 0.5) is 21.2 Å². The summed E-state index contributed by atoms with van der Waals surface area (Å²) in [5.41, 5.74) is 8.64. The van der Waals surface area contributed by atoms with Gasteiger partial charge in [0.05, 0.1) is 43.3 Å². The van der Waals surface area contributed by atoms with Gasteiger partial charge in [-0.2, -0.15) is 0 Å². The lowest BCUT2D eigenvalue weighted by molar-refractivity contribution is -0.124. The molecule has 462 valence electrons. The van der Waals surface area contributed by atoms with Gasteiger partial charge in [0.25, 0.3) is 5.56 Å². The molecule has 0 spiro atoms. The van der Waals surface area contributed by atoms with Gasteiger partial charge >= 0.3 is 12.1 Å². The maximum atomic E-state index is 13.4. The summed E-state index contributed by atoms with van der Waals surface area (Å²) in [4.78, 5) is 84.7. The predicted molar refractivity (Wildman–Crippen MR) is 343 cm³/mol. The third kappa shape index (κ3) is 12.4. The van der Waals surface area contributed by atoms with Gasteiger partial charge in [0.1, 0.15) is 31.1 Å². The lowest BCUT2D eigenvalue weighted by Gasteiger charge is -2.45. The van der Waals surface area contributed by atoms with Crippen molar-refractivity contribution in [3.8, 4) is 39.8 Å². The number of methoxy groups -OCH3 is 1. The van der Waals surface area contributed by atoms with Crippen molar-refractivity contribution >= 4 is 57.4 Å². The third-order valence-electron chi connectivity index (χ3n) is 18.3. The van der Waals surface area contributed by atoms with Crippen molar-refractivity contribution in [2.45, 2.75) is 81.1 Å². The molecular weight excluding hydrogens is 1140 g/mol. The SMILES string of the molecule is COc1ccc(C#CCNC2(C)CCN(C3CCN(c4nc(C(COCNC(=O)CNC(=O)OCC5c6ccccc6-c6ccccc65)(OC5CC5)c5ccccc5)c5cc(-c6cn(C)c(=O)c7[nH]ccc67)ccc5n4)CC3)CC2)cc1N1CCC(=O)NC1=O. The molecule has 20 heteroatoms. The minimum atomic E-state index is -1.29. The lowest BCUT2D eigenvalue weighted by Crippen LogP contribution is -2.55. The summed E-state index contributed by atoms with van der Waals surface area (Å²) in [6, 6.07) is 39.7. The molecule has 0 bridgehead atoms. The number of aromatic amines is 1. The van der Waals surface area contributed by atoms with Gasteiger partial charge in [-0.25, -0.2) is 19.6 Å². The number of urea groups is 1. The summed E-state index contributed by atoms with van der Waals surface area (Å²) in [6.45, 7) is 5.98. The molecule has 8 aromatic rings. The normalized spacial score (nSPS) is 17.5. The number of aryl methyl sites for hydroxylation is 1. The molecule has 6 heterocycles. The fourth-order valence-electron chi connectivity index (χ4n) is 13.2. The Morgan fingerprint density at radius 2 is 1.54 bits per heavy atom. The zero-order valence-corrected chi connectivity index (χ0v) is 50.8. The van der Waals surface area contributed by atoms with Crippen LogP contribution in [-0.2, 0) is 36.4 Å². The van der Waals surface area contributed by atoms with E-state index in [0.29, 0.717) is 41.2 Å². The second kappa shape index (κ2) is 25.6. The molecule has 5 aliphatic rings. The van der Waals surface area contributed by atoms with Crippen LogP contribution in [0.3, 0.4) is 0 Å². The number of anilines is 2. The zero-order chi connectivity index (χ0) is 61.9. The van der Waals surface area contributed by atoms with E-state index in [-0.39, 0.29) is 68.5 Å². The predicted octanol–water partition coefficient (Wildman–Crippen LogP) is 8.45. The number of alkyl carbamates (subject to hydrolysis) is 1. The van der Waals surface area contributed by atoms with Crippen LogP contribution < -0.4 is 41.4 Å². The van der Waals surface area contributed by atoms with Crippen molar-refractivity contribution in [1.29, 1.82) is 0 Å². The lowest BCUT2D eigenvalue weighted by atomic mass is 9.87. The van der Waals surface area contributed by atoms with Gasteiger partial charge in [-0.3, -0.25) is 24.6 Å². The quantitative estimate of drug-likeness (QED) is 0.0291. The number of ether oxygens (including phenoxy) is 4. The number of amides is 5. The van der Waals surface area contributed by atoms with Crippen molar-refractivity contribution < 1.29 is 38.1 Å². The van der Waals surface area contributed by atoms with Gasteiger partial charge in [0, 0.05) is 98.0 Å². The molecule has 1 atom stereocenters. The number of piperidine rings is 2. The standard InChI is InChI=1S/C70H73N11O9/c1-69(74-31-11-12-45-19-24-60(87-3)59(38-45)81-35-28-61(82)76-67(81)85)29-36-79(37-30-69)48-26-33-80(34-27-48)66-75-58-23-20-46(56-41-78(2)65(84)63-54(56)25-32-71-63)39-55(58)64(77-66)70(90-49-21-22-49,47-13-5-4-6-14-47)43-88-44-73-62(83)40-72-68(86)89-42-57-52-17-9-7-15-50(52)51-16-8-10-18-53(51)57/h4-10,13-20,23-25,32,38-39,41,48-49,57,71,74H,21-22,26-31,33-37,40,42-44H2,1-3H3,(H,72,86)(H,73,83)(H,76,82,85). The van der Waals surface area contributed by atoms with Crippen molar-refractivity contribution in [2.75, 3.05) is 82.7 Å². The van der Waals surface area contributed by atoms with Crippen LogP contribution in [0.25, 0.3) is 44.1 Å². The smallest absolute Gasteiger partial charge is 0.407 e. The zero-order valence-electron chi connectivity index (χ0n) is 50.8. The van der Waals surface area contributed by atoms with Crippen molar-refractivity contribution in [1.82, 2.24) is 45.7 Å². The van der Waals surface area contributed by atoms with Crippen LogP contribution in [-0.4, -0.2) is 139 Å². The summed E-state index contributed by atoms with van der Waals surface area (Å²) in [6.07, 6.45) is 8.54. The van der Waals surface area contributed by atoms with Gasteiger partial charge in [-0.1, -0.05) is 96.8 Å². The van der Waals surface area contributed by atoms with Gasteiger partial charge in [0.2, 0.25) is 17.8 Å². The molecule has 90 heavy (non-hydrogen) atoms. The van der Waals surface area contributed by atoms with E-state index in [4.69, 9.17) is 28.9 Å². The molecule has 3 saturated heterocycles. The van der Waals surface area contributed by atoms with Gasteiger partial charge in [0.15, 0.2) is 5.60 Å². The Balaban J connectivity index is 0.702. The van der Waals surface area contributed by atoms with E-state index >= 15 is 0 Å². The van der Waals surface area contributed by atoms with E-state index in [1.807, 2.05) is 91.1 Å². The van der Waals surface area contributed by atoms with Crippen molar-refractivity contribution in [2.24, 2.45) is 7.05 Å². The van der Waals surface area contributed by atoms with Crippen LogP contribution in [0.5, 0.6) is 5.75 Å². The Morgan fingerprint density at radius 3 is 2.28 bits per heavy atom. The highest BCUT2D eigenvalue weighted by atomic mass is 16.6. The highest BCUT2D eigenvalue weighted by Gasteiger charge is 2.45. The van der Waals surface area contributed by atoms with E-state index < -0.39 is 23.6 Å². The molecule has 1 saturated carbocycles. The fraction of sp³-hybridized carbons (Fsp3) is 0.357. The van der Waals surface area contributed by atoms with E-state index in [1.165, 1.54) is 4.90 Å². The first kappa shape index (κ1) is 59.6. The fourth-order valence-corrected chi connectivity index (χ4v) is 13.2. The van der Waals surface area contributed by atoms with Crippen molar-refractivity contribution in [3.63, 3.8) is 0 Å². The van der Waals surface area contributed by atoms with E-state index in [1.54, 1.807) is 31.0 Å². The number of pyridine rings is 1. The number of nitrogens with one attached hydrogen (secondary N) is 5. The highest BCUT2D eigenvalue weighted by molar-refractivity contribution is 6.06. The minimum absolute atomic E-state index is 0.0306. The summed E-state index contributed by atoms with van der Waals surface area (Å²) >= 11 is 0. The number of imide groups is 1. The number of rotatable bonds is 19. The Labute approximate surface area is 521 Å². The summed E-state index contributed by atoms with van der Waals surface area (Å²) in [5.74, 6) is 6.79. The molecule has 3 aliphatic heterocycles. The number of H-pyrrole nitrogens is 1. The molecule has 2 aliphatic carbocycles. The molecular formula is C70H73N11O9. The molecule has 5 aromatic carbocycles. The van der Waals surface area contributed by atoms with Crippen LogP contribution in [0.2, 0.25) is 0 Å². The number of aromatic nitrogens is 4. The number of nitrogens with zero attached hydrogens (tertiary/aromatic N) is 6. The van der Waals surface area contributed by atoms with E-state index in [0.717, 1.165) is 126 Å². The van der Waals surface area contributed by atoms with Crippen molar-refractivity contribution in [3.05, 3.63) is 172 Å². The Morgan fingerprint density at radius 1 is 0.800 bits per heavy atom. The number of likely N-dealkylation sites (tertiary alicyclic amines) is 1. The molecule has 3 aromatic heterocycles. The van der Waals surface area contributed by atoms with E-state index in [9.17, 15) is 24.0 Å².